The molecule has 146 valence electrons. The Hall–Kier alpha value is -2.64. The second kappa shape index (κ2) is 7.94. The first kappa shape index (κ1) is 19.1. The molecule has 2 fully saturated rings. The van der Waals surface area contributed by atoms with Crippen LogP contribution >= 0.6 is 0 Å². The molecule has 2 atom stereocenters. The molecule has 1 aromatic heterocycles. The van der Waals surface area contributed by atoms with Crippen LogP contribution in [0.4, 0.5) is 4.79 Å². The number of rotatable bonds is 6. The summed E-state index contributed by atoms with van der Waals surface area (Å²) >= 11 is 0. The van der Waals surface area contributed by atoms with Crippen molar-refractivity contribution in [2.45, 2.75) is 51.6 Å². The Balaban J connectivity index is 1.61. The molecule has 2 N–H and O–H groups in total. The molecule has 1 aliphatic heterocycles. The van der Waals surface area contributed by atoms with Crippen molar-refractivity contribution in [3.8, 4) is 5.88 Å². The molecular weight excluding hydrogens is 348 g/mol. The zero-order valence-electron chi connectivity index (χ0n) is 15.8. The fraction of sp³-hybridized carbons (Fsp3) is 0.579. The summed E-state index contributed by atoms with van der Waals surface area (Å²) in [7, 11) is 0. The zero-order chi connectivity index (χ0) is 19.4. The van der Waals surface area contributed by atoms with Gasteiger partial charge in [0.1, 0.15) is 12.1 Å². The first-order chi connectivity index (χ1) is 13.0. The van der Waals surface area contributed by atoms with Crippen molar-refractivity contribution in [3.63, 3.8) is 0 Å². The lowest BCUT2D eigenvalue weighted by Gasteiger charge is -2.36. The average molecular weight is 374 g/mol. The SMILES string of the molecule is CCOc1ncccc1CNC(=O)CN1C(=O)NC2(CCCCC2C)C1=O. The molecule has 1 saturated heterocycles. The van der Waals surface area contributed by atoms with E-state index in [1.807, 2.05) is 19.9 Å². The number of aromatic nitrogens is 1. The highest BCUT2D eigenvalue weighted by Gasteiger charge is 2.55. The van der Waals surface area contributed by atoms with E-state index in [-0.39, 0.29) is 24.9 Å². The van der Waals surface area contributed by atoms with Crippen LogP contribution in [-0.4, -0.2) is 46.4 Å². The minimum absolute atomic E-state index is 0.0694. The third-order valence-electron chi connectivity index (χ3n) is 5.41. The quantitative estimate of drug-likeness (QED) is 0.737. The van der Waals surface area contributed by atoms with Crippen molar-refractivity contribution in [1.29, 1.82) is 0 Å². The second-order valence-corrected chi connectivity index (χ2v) is 7.12. The third kappa shape index (κ3) is 3.74. The van der Waals surface area contributed by atoms with Crippen LogP contribution in [-0.2, 0) is 16.1 Å². The number of ether oxygens (including phenoxy) is 1. The fourth-order valence-electron chi connectivity index (χ4n) is 3.86. The highest BCUT2D eigenvalue weighted by Crippen LogP contribution is 2.38. The fourth-order valence-corrected chi connectivity index (χ4v) is 3.86. The number of urea groups is 1. The van der Waals surface area contributed by atoms with Gasteiger partial charge in [0.2, 0.25) is 11.8 Å². The first-order valence-electron chi connectivity index (χ1n) is 9.45. The van der Waals surface area contributed by atoms with E-state index in [0.717, 1.165) is 29.7 Å². The molecule has 1 saturated carbocycles. The van der Waals surface area contributed by atoms with Crippen LogP contribution in [0, 0.1) is 5.92 Å². The van der Waals surface area contributed by atoms with E-state index in [9.17, 15) is 14.4 Å². The molecule has 8 heteroatoms. The van der Waals surface area contributed by atoms with Gasteiger partial charge in [-0.3, -0.25) is 14.5 Å². The van der Waals surface area contributed by atoms with Crippen LogP contribution in [0.25, 0.3) is 0 Å². The van der Waals surface area contributed by atoms with Gasteiger partial charge in [0.25, 0.3) is 5.91 Å². The van der Waals surface area contributed by atoms with Crippen molar-refractivity contribution >= 4 is 17.8 Å². The maximum atomic E-state index is 12.9. The van der Waals surface area contributed by atoms with Gasteiger partial charge in [-0.05, 0) is 31.7 Å². The number of hydrogen-bond acceptors (Lipinski definition) is 5. The zero-order valence-corrected chi connectivity index (χ0v) is 15.8. The molecule has 27 heavy (non-hydrogen) atoms. The number of hydrogen-bond donors (Lipinski definition) is 2. The van der Waals surface area contributed by atoms with E-state index in [0.29, 0.717) is 18.9 Å². The monoisotopic (exact) mass is 374 g/mol. The smallest absolute Gasteiger partial charge is 0.325 e. The number of carbonyl (C=O) groups excluding carboxylic acids is 3. The molecule has 0 bridgehead atoms. The van der Waals surface area contributed by atoms with Gasteiger partial charge in [0.15, 0.2) is 0 Å². The van der Waals surface area contributed by atoms with Crippen molar-refractivity contribution in [3.05, 3.63) is 23.9 Å². The number of nitrogens with zero attached hydrogens (tertiary/aromatic N) is 2. The topological polar surface area (TPSA) is 101 Å². The van der Waals surface area contributed by atoms with Crippen molar-refractivity contribution < 1.29 is 19.1 Å². The maximum absolute atomic E-state index is 12.9. The summed E-state index contributed by atoms with van der Waals surface area (Å²) in [6, 6.07) is 3.08. The molecule has 8 nitrogen and oxygen atoms in total. The van der Waals surface area contributed by atoms with E-state index in [1.165, 1.54) is 0 Å². The molecule has 1 spiro atoms. The minimum Gasteiger partial charge on any atom is -0.478 e. The lowest BCUT2D eigenvalue weighted by molar-refractivity contribution is -0.137. The van der Waals surface area contributed by atoms with Crippen molar-refractivity contribution in [1.82, 2.24) is 20.5 Å². The third-order valence-corrected chi connectivity index (χ3v) is 5.41. The lowest BCUT2D eigenvalue weighted by Crippen LogP contribution is -2.54. The van der Waals surface area contributed by atoms with E-state index in [4.69, 9.17) is 4.74 Å². The van der Waals surface area contributed by atoms with Gasteiger partial charge < -0.3 is 15.4 Å². The highest BCUT2D eigenvalue weighted by molar-refractivity contribution is 6.09. The number of pyridine rings is 1. The Labute approximate surface area is 158 Å². The molecule has 4 amide bonds. The Morgan fingerprint density at radius 3 is 3.00 bits per heavy atom. The van der Waals surface area contributed by atoms with Gasteiger partial charge in [-0.25, -0.2) is 9.78 Å². The predicted molar refractivity (Wildman–Crippen MR) is 97.9 cm³/mol. The van der Waals surface area contributed by atoms with Crippen molar-refractivity contribution in [2.75, 3.05) is 13.2 Å². The normalized spacial score (nSPS) is 24.8. The second-order valence-electron chi connectivity index (χ2n) is 7.12. The summed E-state index contributed by atoms with van der Waals surface area (Å²) in [6.07, 6.45) is 5.10. The van der Waals surface area contributed by atoms with Crippen LogP contribution in [0.5, 0.6) is 5.88 Å². The lowest BCUT2D eigenvalue weighted by atomic mass is 9.73. The van der Waals surface area contributed by atoms with Crippen LogP contribution in [0.3, 0.4) is 0 Å². The van der Waals surface area contributed by atoms with Crippen LogP contribution in [0.15, 0.2) is 18.3 Å². The molecule has 3 rings (SSSR count). The number of nitrogens with one attached hydrogen (secondary N) is 2. The van der Waals surface area contributed by atoms with E-state index in [1.54, 1.807) is 12.3 Å². The van der Waals surface area contributed by atoms with Gasteiger partial charge in [0.05, 0.1) is 6.61 Å². The summed E-state index contributed by atoms with van der Waals surface area (Å²) in [5.41, 5.74) is -0.108. The Morgan fingerprint density at radius 1 is 1.44 bits per heavy atom. The highest BCUT2D eigenvalue weighted by atomic mass is 16.5. The molecule has 0 radical (unpaired) electrons. The number of amides is 4. The standard InChI is InChI=1S/C19H26N4O4/c1-3-27-16-14(8-6-10-20-16)11-21-15(24)12-23-17(25)19(22-18(23)26)9-5-4-7-13(19)2/h6,8,10,13H,3-5,7,9,11-12H2,1-2H3,(H,21,24)(H,22,26). The molecule has 1 aliphatic carbocycles. The van der Waals surface area contributed by atoms with Crippen LogP contribution in [0.1, 0.15) is 45.1 Å². The predicted octanol–water partition coefficient (Wildman–Crippen LogP) is 1.60. The maximum Gasteiger partial charge on any atom is 0.325 e. The van der Waals surface area contributed by atoms with E-state index in [2.05, 4.69) is 15.6 Å². The summed E-state index contributed by atoms with van der Waals surface area (Å²) in [5, 5.41) is 5.59. The van der Waals surface area contributed by atoms with Gasteiger partial charge in [-0.1, -0.05) is 25.8 Å². The number of carbonyl (C=O) groups is 3. The van der Waals surface area contributed by atoms with Gasteiger partial charge >= 0.3 is 6.03 Å². The molecule has 1 aromatic rings. The van der Waals surface area contributed by atoms with Crippen LogP contribution in [0.2, 0.25) is 0 Å². The molecular formula is C19H26N4O4. The Kier molecular flexibility index (Phi) is 5.62. The molecule has 0 aromatic carbocycles. The van der Waals surface area contributed by atoms with Gasteiger partial charge in [0, 0.05) is 18.3 Å². The summed E-state index contributed by atoms with van der Waals surface area (Å²) in [6.45, 7) is 4.24. The summed E-state index contributed by atoms with van der Waals surface area (Å²) in [5.74, 6) is -0.151. The Morgan fingerprint density at radius 2 is 2.26 bits per heavy atom. The Bertz CT molecular complexity index is 738. The summed E-state index contributed by atoms with van der Waals surface area (Å²) < 4.78 is 5.43. The van der Waals surface area contributed by atoms with E-state index < -0.39 is 17.5 Å². The average Bonchev–Trinajstić information content (AvgIpc) is 2.89. The molecule has 2 heterocycles. The van der Waals surface area contributed by atoms with Crippen LogP contribution < -0.4 is 15.4 Å². The first-order valence-corrected chi connectivity index (χ1v) is 9.45. The molecule has 2 aliphatic rings. The van der Waals surface area contributed by atoms with Gasteiger partial charge in [-0.2, -0.15) is 0 Å². The van der Waals surface area contributed by atoms with Gasteiger partial charge in [-0.15, -0.1) is 0 Å². The minimum atomic E-state index is -0.846. The number of imide groups is 1. The molecule has 2 unspecified atom stereocenters. The van der Waals surface area contributed by atoms with Crippen molar-refractivity contribution in [2.24, 2.45) is 5.92 Å². The summed E-state index contributed by atoms with van der Waals surface area (Å²) in [4.78, 5) is 42.7. The largest absolute Gasteiger partial charge is 0.478 e. The van der Waals surface area contributed by atoms with E-state index >= 15 is 0 Å².